The number of carbonyl (C=O) groups is 1. The van der Waals surface area contributed by atoms with Crippen LogP contribution in [-0.2, 0) is 4.79 Å². The molecule has 92 valence electrons. The lowest BCUT2D eigenvalue weighted by atomic mass is 9.87. The van der Waals surface area contributed by atoms with Crippen LogP contribution < -0.4 is 5.32 Å². The van der Waals surface area contributed by atoms with Gasteiger partial charge in [0.25, 0.3) is 0 Å². The van der Waals surface area contributed by atoms with Crippen LogP contribution in [0.5, 0.6) is 0 Å². The van der Waals surface area contributed by atoms with Crippen LogP contribution in [0.1, 0.15) is 19.3 Å². The van der Waals surface area contributed by atoms with Crippen LogP contribution in [0, 0.1) is 5.41 Å². The summed E-state index contributed by atoms with van der Waals surface area (Å²) >= 11 is 0. The van der Waals surface area contributed by atoms with Gasteiger partial charge in [-0.3, -0.25) is 4.79 Å². The third-order valence-corrected chi connectivity index (χ3v) is 3.90. The van der Waals surface area contributed by atoms with Crippen LogP contribution in [0.25, 0.3) is 0 Å². The first-order chi connectivity index (χ1) is 7.61. The molecular weight excluding hydrogens is 202 g/mol. The van der Waals surface area contributed by atoms with Gasteiger partial charge in [-0.05, 0) is 33.5 Å². The van der Waals surface area contributed by atoms with E-state index in [1.54, 1.807) is 0 Å². The maximum absolute atomic E-state index is 12.0. The number of carbonyl (C=O) groups excluding carboxylic acids is 1. The molecule has 0 saturated carbocycles. The van der Waals surface area contributed by atoms with Crippen LogP contribution in [0.3, 0.4) is 0 Å². The minimum Gasteiger partial charge on any atom is -0.342 e. The van der Waals surface area contributed by atoms with Crippen LogP contribution >= 0.6 is 0 Å². The zero-order valence-corrected chi connectivity index (χ0v) is 10.5. The van der Waals surface area contributed by atoms with Crippen molar-refractivity contribution in [2.75, 3.05) is 46.8 Å². The first-order valence-electron chi connectivity index (χ1n) is 6.25. The average molecular weight is 225 g/mol. The predicted octanol–water partition coefficient (Wildman–Crippen LogP) is 0.150. The summed E-state index contributed by atoms with van der Waals surface area (Å²) in [6, 6.07) is 0. The maximum Gasteiger partial charge on any atom is 0.223 e. The second-order valence-corrected chi connectivity index (χ2v) is 5.55. The molecule has 1 amide bonds. The number of hydrogen-bond donors (Lipinski definition) is 1. The minimum atomic E-state index is 0.331. The summed E-state index contributed by atoms with van der Waals surface area (Å²) in [7, 11) is 4.03. The fraction of sp³-hybridized carbons (Fsp3) is 0.917. The molecule has 1 N–H and O–H groups in total. The number of nitrogens with zero attached hydrogens (tertiary/aromatic N) is 2. The zero-order valence-electron chi connectivity index (χ0n) is 10.5. The molecular formula is C12H23N3O. The van der Waals surface area contributed by atoms with Crippen LogP contribution in [-0.4, -0.2) is 62.5 Å². The topological polar surface area (TPSA) is 35.6 Å². The van der Waals surface area contributed by atoms with E-state index in [9.17, 15) is 4.79 Å². The van der Waals surface area contributed by atoms with Gasteiger partial charge in [0.15, 0.2) is 0 Å². The molecule has 0 aromatic carbocycles. The highest BCUT2D eigenvalue weighted by Crippen LogP contribution is 2.36. The zero-order chi connectivity index (χ0) is 11.6. The monoisotopic (exact) mass is 225 g/mol. The SMILES string of the molecule is CN(C)CCC(=O)N1CCC2(CCNC2)C1. The van der Waals surface area contributed by atoms with Gasteiger partial charge in [-0.2, -0.15) is 0 Å². The predicted molar refractivity (Wildman–Crippen MR) is 64.3 cm³/mol. The first-order valence-corrected chi connectivity index (χ1v) is 6.25. The molecule has 4 nitrogen and oxygen atoms in total. The van der Waals surface area contributed by atoms with Gasteiger partial charge in [0.05, 0.1) is 0 Å². The quantitative estimate of drug-likeness (QED) is 0.743. The van der Waals surface area contributed by atoms with E-state index < -0.39 is 0 Å². The van der Waals surface area contributed by atoms with Crippen molar-refractivity contribution in [2.24, 2.45) is 5.41 Å². The number of nitrogens with one attached hydrogen (secondary N) is 1. The Labute approximate surface area is 98.0 Å². The van der Waals surface area contributed by atoms with E-state index >= 15 is 0 Å². The van der Waals surface area contributed by atoms with Crippen LogP contribution in [0.2, 0.25) is 0 Å². The summed E-state index contributed by atoms with van der Waals surface area (Å²) in [4.78, 5) is 16.1. The molecule has 2 aliphatic heterocycles. The highest BCUT2D eigenvalue weighted by atomic mass is 16.2. The lowest BCUT2D eigenvalue weighted by Crippen LogP contribution is -2.34. The molecule has 0 bridgehead atoms. The molecule has 1 unspecified atom stereocenters. The Balaban J connectivity index is 1.81. The third kappa shape index (κ3) is 2.55. The molecule has 1 spiro atoms. The van der Waals surface area contributed by atoms with Crippen molar-refractivity contribution in [3.8, 4) is 0 Å². The summed E-state index contributed by atoms with van der Waals surface area (Å²) in [5, 5.41) is 3.42. The van der Waals surface area contributed by atoms with Gasteiger partial charge in [-0.15, -0.1) is 0 Å². The van der Waals surface area contributed by atoms with Crippen molar-refractivity contribution in [1.82, 2.24) is 15.1 Å². The largest absolute Gasteiger partial charge is 0.342 e. The van der Waals surface area contributed by atoms with Crippen LogP contribution in [0.4, 0.5) is 0 Å². The van der Waals surface area contributed by atoms with Gasteiger partial charge in [0, 0.05) is 38.0 Å². The molecule has 0 aliphatic carbocycles. The summed E-state index contributed by atoms with van der Waals surface area (Å²) < 4.78 is 0. The van der Waals surface area contributed by atoms with Gasteiger partial charge in [0.1, 0.15) is 0 Å². The summed E-state index contributed by atoms with van der Waals surface area (Å²) in [6.07, 6.45) is 3.09. The Kier molecular flexibility index (Phi) is 3.50. The smallest absolute Gasteiger partial charge is 0.223 e. The summed E-state index contributed by atoms with van der Waals surface area (Å²) in [5.74, 6) is 0.331. The highest BCUT2D eigenvalue weighted by Gasteiger charge is 2.41. The second kappa shape index (κ2) is 4.72. The van der Waals surface area contributed by atoms with Crippen LogP contribution in [0.15, 0.2) is 0 Å². The molecule has 2 rings (SSSR count). The second-order valence-electron chi connectivity index (χ2n) is 5.55. The lowest BCUT2D eigenvalue weighted by Gasteiger charge is -2.23. The van der Waals surface area contributed by atoms with Crippen molar-refractivity contribution in [3.05, 3.63) is 0 Å². The molecule has 2 aliphatic rings. The molecule has 0 aromatic rings. The van der Waals surface area contributed by atoms with Crippen molar-refractivity contribution >= 4 is 5.91 Å². The Hall–Kier alpha value is -0.610. The fourth-order valence-electron chi connectivity index (χ4n) is 2.77. The van der Waals surface area contributed by atoms with Crippen molar-refractivity contribution < 1.29 is 4.79 Å². The Bertz CT molecular complexity index is 259. The van der Waals surface area contributed by atoms with Gasteiger partial charge in [-0.1, -0.05) is 0 Å². The van der Waals surface area contributed by atoms with E-state index in [0.717, 1.165) is 32.7 Å². The number of amides is 1. The Morgan fingerprint density at radius 3 is 2.88 bits per heavy atom. The molecule has 4 heteroatoms. The maximum atomic E-state index is 12.0. The molecule has 0 radical (unpaired) electrons. The van der Waals surface area contributed by atoms with Crippen molar-refractivity contribution in [3.63, 3.8) is 0 Å². The lowest BCUT2D eigenvalue weighted by molar-refractivity contribution is -0.130. The van der Waals surface area contributed by atoms with E-state index in [4.69, 9.17) is 0 Å². The standard InChI is InChI=1S/C12H23N3O/c1-14(2)7-3-11(16)15-8-5-12(10-15)4-6-13-9-12/h13H,3-10H2,1-2H3. The number of rotatable bonds is 3. The third-order valence-electron chi connectivity index (χ3n) is 3.90. The Morgan fingerprint density at radius 1 is 1.44 bits per heavy atom. The summed E-state index contributed by atoms with van der Waals surface area (Å²) in [6.45, 7) is 5.03. The normalized spacial score (nSPS) is 29.6. The van der Waals surface area contributed by atoms with E-state index in [-0.39, 0.29) is 0 Å². The molecule has 2 fully saturated rings. The molecule has 2 saturated heterocycles. The number of hydrogen-bond acceptors (Lipinski definition) is 3. The highest BCUT2D eigenvalue weighted by molar-refractivity contribution is 5.76. The summed E-state index contributed by atoms with van der Waals surface area (Å²) in [5.41, 5.74) is 0.410. The van der Waals surface area contributed by atoms with Gasteiger partial charge in [-0.25, -0.2) is 0 Å². The van der Waals surface area contributed by atoms with Gasteiger partial charge >= 0.3 is 0 Å². The molecule has 1 atom stereocenters. The molecule has 0 aromatic heterocycles. The van der Waals surface area contributed by atoms with E-state index in [0.29, 0.717) is 17.7 Å². The molecule has 2 heterocycles. The van der Waals surface area contributed by atoms with E-state index in [2.05, 4.69) is 15.1 Å². The minimum absolute atomic E-state index is 0.331. The van der Waals surface area contributed by atoms with Gasteiger partial charge < -0.3 is 15.1 Å². The Morgan fingerprint density at radius 2 is 2.25 bits per heavy atom. The van der Waals surface area contributed by atoms with Crippen molar-refractivity contribution in [2.45, 2.75) is 19.3 Å². The fourth-order valence-corrected chi connectivity index (χ4v) is 2.77. The average Bonchev–Trinajstić information content (AvgIpc) is 2.86. The van der Waals surface area contributed by atoms with Gasteiger partial charge in [0.2, 0.25) is 5.91 Å². The first kappa shape index (κ1) is 11.9. The van der Waals surface area contributed by atoms with E-state index in [1.807, 2.05) is 14.1 Å². The molecule has 16 heavy (non-hydrogen) atoms. The van der Waals surface area contributed by atoms with Crippen molar-refractivity contribution in [1.29, 1.82) is 0 Å². The number of likely N-dealkylation sites (tertiary alicyclic amines) is 1. The van der Waals surface area contributed by atoms with E-state index in [1.165, 1.54) is 12.8 Å².